The first-order valence-electron chi connectivity index (χ1n) is 7.27. The summed E-state index contributed by atoms with van der Waals surface area (Å²) in [5.41, 5.74) is -0.417. The third kappa shape index (κ3) is 2.06. The zero-order chi connectivity index (χ0) is 14.5. The van der Waals surface area contributed by atoms with Gasteiger partial charge in [0.25, 0.3) is 0 Å². The second-order valence-corrected chi connectivity index (χ2v) is 6.45. The van der Waals surface area contributed by atoms with E-state index >= 15 is 0 Å². The van der Waals surface area contributed by atoms with Gasteiger partial charge in [0.15, 0.2) is 6.29 Å². The molecule has 1 saturated heterocycles. The number of carbonyl (C=O) groups is 1. The highest BCUT2D eigenvalue weighted by Crippen LogP contribution is 2.57. The van der Waals surface area contributed by atoms with E-state index in [0.717, 1.165) is 0 Å². The highest BCUT2D eigenvalue weighted by molar-refractivity contribution is 5.66. The lowest BCUT2D eigenvalue weighted by Gasteiger charge is -2.60. The van der Waals surface area contributed by atoms with E-state index in [4.69, 9.17) is 9.47 Å². The molecule has 0 spiro atoms. The summed E-state index contributed by atoms with van der Waals surface area (Å²) in [6.07, 6.45) is -0.459. The number of esters is 1. The molecule has 0 aromatic rings. The highest BCUT2D eigenvalue weighted by atomic mass is 16.6. The smallest absolute Gasteiger partial charge is 0.302 e. The Hall–Kier alpha value is -0.690. The number of aliphatic hydroxyl groups excluding tert-OH is 3. The number of carbonyl (C=O) groups excluding carboxylic acids is 1. The highest BCUT2D eigenvalue weighted by Gasteiger charge is 2.62. The fraction of sp³-hybridized carbons (Fsp3) is 0.929. The van der Waals surface area contributed by atoms with Crippen LogP contribution < -0.4 is 0 Å². The van der Waals surface area contributed by atoms with Crippen molar-refractivity contribution in [2.24, 2.45) is 17.3 Å². The van der Waals surface area contributed by atoms with E-state index in [-0.39, 0.29) is 11.8 Å². The first-order chi connectivity index (χ1) is 9.44. The summed E-state index contributed by atoms with van der Waals surface area (Å²) >= 11 is 0. The molecule has 3 fully saturated rings. The van der Waals surface area contributed by atoms with Gasteiger partial charge < -0.3 is 24.8 Å². The van der Waals surface area contributed by atoms with Crippen molar-refractivity contribution in [1.82, 2.24) is 0 Å². The normalized spacial score (nSPS) is 51.2. The molecule has 0 unspecified atom stereocenters. The molecule has 1 aliphatic heterocycles. The molecule has 20 heavy (non-hydrogen) atoms. The van der Waals surface area contributed by atoms with Crippen LogP contribution in [0.3, 0.4) is 0 Å². The van der Waals surface area contributed by atoms with Gasteiger partial charge in [-0.2, -0.15) is 0 Å². The van der Waals surface area contributed by atoms with E-state index in [1.807, 2.05) is 0 Å². The standard InChI is InChI=1S/C14H22O6/c1-7(15)20-10-5-11(17)14-3-2-8(16)4-9(14)12(10)13(18)19-6-14/h8-13,16-18H,2-6H2,1H3/t8-,9-,10+,11-,12+,13+,14-/m0/s1. The van der Waals surface area contributed by atoms with Crippen LogP contribution in [0.25, 0.3) is 0 Å². The Bertz CT molecular complexity index is 395. The Morgan fingerprint density at radius 2 is 2.05 bits per heavy atom. The van der Waals surface area contributed by atoms with Gasteiger partial charge in [0, 0.05) is 18.8 Å². The Labute approximate surface area is 117 Å². The number of hydrogen-bond acceptors (Lipinski definition) is 6. The van der Waals surface area contributed by atoms with Crippen molar-refractivity contribution in [3.8, 4) is 0 Å². The van der Waals surface area contributed by atoms with Crippen LogP contribution in [-0.2, 0) is 14.3 Å². The van der Waals surface area contributed by atoms with Gasteiger partial charge in [0.2, 0.25) is 0 Å². The van der Waals surface area contributed by atoms with Crippen LogP contribution >= 0.6 is 0 Å². The minimum atomic E-state index is -1.00. The van der Waals surface area contributed by atoms with Crippen LogP contribution in [0.5, 0.6) is 0 Å². The van der Waals surface area contributed by atoms with Crippen molar-refractivity contribution < 1.29 is 29.6 Å². The summed E-state index contributed by atoms with van der Waals surface area (Å²) < 4.78 is 10.7. The molecule has 3 N–H and O–H groups in total. The molecule has 3 aliphatic rings. The fourth-order valence-electron chi connectivity index (χ4n) is 4.44. The lowest BCUT2D eigenvalue weighted by molar-refractivity contribution is -0.304. The molecule has 2 saturated carbocycles. The Balaban J connectivity index is 1.93. The summed E-state index contributed by atoms with van der Waals surface area (Å²) in [5, 5.41) is 30.6. The van der Waals surface area contributed by atoms with Crippen molar-refractivity contribution >= 4 is 5.97 Å². The molecule has 2 bridgehead atoms. The second kappa shape index (κ2) is 4.94. The molecular formula is C14H22O6. The van der Waals surface area contributed by atoms with Crippen molar-refractivity contribution in [1.29, 1.82) is 0 Å². The van der Waals surface area contributed by atoms with E-state index in [1.54, 1.807) is 0 Å². The van der Waals surface area contributed by atoms with Crippen molar-refractivity contribution in [2.45, 2.75) is 57.2 Å². The summed E-state index contributed by atoms with van der Waals surface area (Å²) in [5.74, 6) is -0.877. The molecule has 114 valence electrons. The van der Waals surface area contributed by atoms with Gasteiger partial charge in [-0.05, 0) is 25.2 Å². The van der Waals surface area contributed by atoms with Crippen molar-refractivity contribution in [2.75, 3.05) is 6.61 Å². The molecule has 0 aromatic carbocycles. The molecule has 2 aliphatic carbocycles. The van der Waals surface area contributed by atoms with E-state index in [0.29, 0.717) is 32.3 Å². The van der Waals surface area contributed by atoms with Crippen LogP contribution in [0.15, 0.2) is 0 Å². The van der Waals surface area contributed by atoms with Gasteiger partial charge >= 0.3 is 5.97 Å². The average Bonchev–Trinajstić information content (AvgIpc) is 2.36. The van der Waals surface area contributed by atoms with Gasteiger partial charge in [-0.25, -0.2) is 0 Å². The Morgan fingerprint density at radius 3 is 2.75 bits per heavy atom. The van der Waals surface area contributed by atoms with Crippen LogP contribution in [0.2, 0.25) is 0 Å². The molecule has 7 atom stereocenters. The van der Waals surface area contributed by atoms with E-state index < -0.39 is 36.0 Å². The molecule has 6 heteroatoms. The zero-order valence-electron chi connectivity index (χ0n) is 11.6. The maximum Gasteiger partial charge on any atom is 0.302 e. The largest absolute Gasteiger partial charge is 0.462 e. The van der Waals surface area contributed by atoms with Crippen LogP contribution in [0.1, 0.15) is 32.6 Å². The molecule has 3 rings (SSSR count). The first kappa shape index (κ1) is 14.3. The third-order valence-corrected chi connectivity index (χ3v) is 5.39. The van der Waals surface area contributed by atoms with E-state index in [2.05, 4.69) is 0 Å². The summed E-state index contributed by atoms with van der Waals surface area (Å²) in [6, 6.07) is 0. The maximum absolute atomic E-state index is 11.2. The third-order valence-electron chi connectivity index (χ3n) is 5.39. The van der Waals surface area contributed by atoms with Crippen LogP contribution in [-0.4, -0.2) is 52.5 Å². The van der Waals surface area contributed by atoms with Crippen LogP contribution in [0, 0.1) is 17.3 Å². The summed E-state index contributed by atoms with van der Waals surface area (Å²) in [6.45, 7) is 1.62. The van der Waals surface area contributed by atoms with Gasteiger partial charge in [0.05, 0.1) is 24.7 Å². The number of aliphatic hydroxyl groups is 3. The second-order valence-electron chi connectivity index (χ2n) is 6.45. The number of ether oxygens (including phenoxy) is 2. The molecule has 0 amide bonds. The van der Waals surface area contributed by atoms with Crippen molar-refractivity contribution in [3.63, 3.8) is 0 Å². The lowest BCUT2D eigenvalue weighted by atomic mass is 9.52. The maximum atomic E-state index is 11.2. The lowest BCUT2D eigenvalue weighted by Crippen LogP contribution is -2.65. The molecule has 0 aromatic heterocycles. The molecular weight excluding hydrogens is 264 g/mol. The van der Waals surface area contributed by atoms with E-state index in [1.165, 1.54) is 6.92 Å². The topological polar surface area (TPSA) is 96.2 Å². The minimum absolute atomic E-state index is 0.0805. The minimum Gasteiger partial charge on any atom is -0.462 e. The van der Waals surface area contributed by atoms with Gasteiger partial charge in [-0.3, -0.25) is 4.79 Å². The quantitative estimate of drug-likeness (QED) is 0.577. The van der Waals surface area contributed by atoms with Crippen molar-refractivity contribution in [3.05, 3.63) is 0 Å². The zero-order valence-corrected chi connectivity index (χ0v) is 11.6. The SMILES string of the molecule is CC(=O)O[C@@H]1C[C@H](O)[C@]23CC[C@H](O)C[C@H]2[C@H]1[C@H](O)OC3. The van der Waals surface area contributed by atoms with Crippen LogP contribution in [0.4, 0.5) is 0 Å². The summed E-state index contributed by atoms with van der Waals surface area (Å²) in [7, 11) is 0. The van der Waals surface area contributed by atoms with Gasteiger partial charge in [-0.15, -0.1) is 0 Å². The Morgan fingerprint density at radius 1 is 1.30 bits per heavy atom. The van der Waals surface area contributed by atoms with Gasteiger partial charge in [0.1, 0.15) is 6.10 Å². The molecule has 6 nitrogen and oxygen atoms in total. The number of rotatable bonds is 1. The molecule has 0 radical (unpaired) electrons. The van der Waals surface area contributed by atoms with Gasteiger partial charge in [-0.1, -0.05) is 0 Å². The monoisotopic (exact) mass is 286 g/mol. The fourth-order valence-corrected chi connectivity index (χ4v) is 4.44. The predicted molar refractivity (Wildman–Crippen MR) is 67.4 cm³/mol. The average molecular weight is 286 g/mol. The Kier molecular flexibility index (Phi) is 3.52. The predicted octanol–water partition coefficient (Wildman–Crippen LogP) is -0.205. The number of hydrogen-bond donors (Lipinski definition) is 3. The van der Waals surface area contributed by atoms with E-state index in [9.17, 15) is 20.1 Å². The first-order valence-corrected chi connectivity index (χ1v) is 7.27. The summed E-state index contributed by atoms with van der Waals surface area (Å²) in [4.78, 5) is 11.2. The molecule has 1 heterocycles.